The summed E-state index contributed by atoms with van der Waals surface area (Å²) in [7, 11) is 1.98. The van der Waals surface area contributed by atoms with Crippen molar-refractivity contribution in [2.24, 2.45) is 0 Å². The molecule has 82 valence electrons. The number of rotatable bonds is 4. The lowest BCUT2D eigenvalue weighted by molar-refractivity contribution is 0.808. The molecule has 0 aliphatic rings. The van der Waals surface area contributed by atoms with Gasteiger partial charge in [-0.1, -0.05) is 24.3 Å². The maximum absolute atomic E-state index is 4.03. The second-order valence-electron chi connectivity index (χ2n) is 3.83. The summed E-state index contributed by atoms with van der Waals surface area (Å²) in [4.78, 5) is 4.03. The fourth-order valence-corrected chi connectivity index (χ4v) is 1.81. The van der Waals surface area contributed by atoms with Gasteiger partial charge in [0.25, 0.3) is 0 Å². The van der Waals surface area contributed by atoms with E-state index < -0.39 is 0 Å². The molecule has 0 atom stereocenters. The maximum Gasteiger partial charge on any atom is 0.0270 e. The first-order chi connectivity index (χ1) is 7.90. The standard InChI is InChI=1S/C14H16N2/c1-15-11-14-5-3-2-4-13(14)10-12-6-8-16-9-7-12/h2-9,15H,10-11H2,1H3. The Morgan fingerprint density at radius 1 is 1.00 bits per heavy atom. The molecule has 2 heteroatoms. The van der Waals surface area contributed by atoms with E-state index in [-0.39, 0.29) is 0 Å². The van der Waals surface area contributed by atoms with E-state index in [1.165, 1.54) is 16.7 Å². The normalized spacial score (nSPS) is 10.3. The van der Waals surface area contributed by atoms with Crippen LogP contribution in [0.3, 0.4) is 0 Å². The average Bonchev–Trinajstić information content (AvgIpc) is 2.33. The molecule has 0 unspecified atom stereocenters. The quantitative estimate of drug-likeness (QED) is 0.841. The van der Waals surface area contributed by atoms with E-state index in [0.717, 1.165) is 13.0 Å². The molecule has 2 aromatic rings. The van der Waals surface area contributed by atoms with Crippen LogP contribution in [-0.2, 0) is 13.0 Å². The number of benzene rings is 1. The van der Waals surface area contributed by atoms with E-state index in [1.54, 1.807) is 0 Å². The summed E-state index contributed by atoms with van der Waals surface area (Å²) in [6.07, 6.45) is 4.66. The van der Waals surface area contributed by atoms with Crippen LogP contribution < -0.4 is 5.32 Å². The first kappa shape index (κ1) is 10.8. The molecule has 2 rings (SSSR count). The molecule has 1 N–H and O–H groups in total. The lowest BCUT2D eigenvalue weighted by Gasteiger charge is -2.08. The molecule has 0 saturated heterocycles. The Labute approximate surface area is 96.4 Å². The van der Waals surface area contributed by atoms with Crippen molar-refractivity contribution in [3.63, 3.8) is 0 Å². The third-order valence-corrected chi connectivity index (χ3v) is 2.63. The van der Waals surface area contributed by atoms with Crippen LogP contribution in [0.15, 0.2) is 48.8 Å². The van der Waals surface area contributed by atoms with Gasteiger partial charge in [0.2, 0.25) is 0 Å². The van der Waals surface area contributed by atoms with Gasteiger partial charge < -0.3 is 5.32 Å². The SMILES string of the molecule is CNCc1ccccc1Cc1ccncc1. The molecular weight excluding hydrogens is 196 g/mol. The first-order valence-electron chi connectivity index (χ1n) is 5.50. The number of aromatic nitrogens is 1. The minimum atomic E-state index is 0.918. The number of hydrogen-bond donors (Lipinski definition) is 1. The fourth-order valence-electron chi connectivity index (χ4n) is 1.81. The van der Waals surface area contributed by atoms with Crippen LogP contribution in [-0.4, -0.2) is 12.0 Å². The minimum Gasteiger partial charge on any atom is -0.316 e. The van der Waals surface area contributed by atoms with Crippen LogP contribution in [0.1, 0.15) is 16.7 Å². The molecule has 0 spiro atoms. The monoisotopic (exact) mass is 212 g/mol. The van der Waals surface area contributed by atoms with Crippen molar-refractivity contribution >= 4 is 0 Å². The fraction of sp³-hybridized carbons (Fsp3) is 0.214. The van der Waals surface area contributed by atoms with Crippen LogP contribution in [0.5, 0.6) is 0 Å². The van der Waals surface area contributed by atoms with Crippen molar-refractivity contribution in [3.8, 4) is 0 Å². The van der Waals surface area contributed by atoms with Crippen LogP contribution >= 0.6 is 0 Å². The van der Waals surface area contributed by atoms with Gasteiger partial charge in [-0.05, 0) is 42.3 Å². The highest BCUT2D eigenvalue weighted by Crippen LogP contribution is 2.13. The number of pyridine rings is 1. The highest BCUT2D eigenvalue weighted by atomic mass is 14.8. The third-order valence-electron chi connectivity index (χ3n) is 2.63. The number of nitrogens with one attached hydrogen (secondary N) is 1. The van der Waals surface area contributed by atoms with Gasteiger partial charge in [-0.25, -0.2) is 0 Å². The molecule has 0 saturated carbocycles. The highest BCUT2D eigenvalue weighted by Gasteiger charge is 2.01. The largest absolute Gasteiger partial charge is 0.316 e. The van der Waals surface area contributed by atoms with Gasteiger partial charge in [0, 0.05) is 18.9 Å². The van der Waals surface area contributed by atoms with E-state index >= 15 is 0 Å². The summed E-state index contributed by atoms with van der Waals surface area (Å²) in [6, 6.07) is 12.7. The molecule has 1 aromatic heterocycles. The Morgan fingerprint density at radius 2 is 1.69 bits per heavy atom. The maximum atomic E-state index is 4.03. The van der Waals surface area contributed by atoms with Crippen molar-refractivity contribution in [2.45, 2.75) is 13.0 Å². The van der Waals surface area contributed by atoms with Crippen LogP contribution in [0.25, 0.3) is 0 Å². The summed E-state index contributed by atoms with van der Waals surface area (Å²) in [5, 5.41) is 3.20. The Bertz CT molecular complexity index is 437. The summed E-state index contributed by atoms with van der Waals surface area (Å²) < 4.78 is 0. The summed E-state index contributed by atoms with van der Waals surface area (Å²) in [5.74, 6) is 0. The molecule has 0 amide bonds. The molecule has 1 heterocycles. The van der Waals surface area contributed by atoms with Crippen molar-refractivity contribution in [1.29, 1.82) is 0 Å². The van der Waals surface area contributed by atoms with E-state index in [1.807, 2.05) is 19.4 Å². The summed E-state index contributed by atoms with van der Waals surface area (Å²) in [5.41, 5.74) is 4.04. The van der Waals surface area contributed by atoms with Gasteiger partial charge in [0.05, 0.1) is 0 Å². The Balaban J connectivity index is 2.21. The smallest absolute Gasteiger partial charge is 0.0270 e. The Kier molecular flexibility index (Phi) is 3.67. The lowest BCUT2D eigenvalue weighted by atomic mass is 10.0. The number of hydrogen-bond acceptors (Lipinski definition) is 2. The zero-order valence-electron chi connectivity index (χ0n) is 9.48. The molecule has 0 radical (unpaired) electrons. The Morgan fingerprint density at radius 3 is 2.38 bits per heavy atom. The molecular formula is C14H16N2. The third kappa shape index (κ3) is 2.67. The second kappa shape index (κ2) is 5.42. The molecule has 0 bridgehead atoms. The predicted octanol–water partition coefficient (Wildman–Crippen LogP) is 2.39. The zero-order chi connectivity index (χ0) is 11.2. The molecule has 2 nitrogen and oxygen atoms in total. The minimum absolute atomic E-state index is 0.918. The van der Waals surface area contributed by atoms with Gasteiger partial charge >= 0.3 is 0 Å². The van der Waals surface area contributed by atoms with Crippen molar-refractivity contribution in [2.75, 3.05) is 7.05 Å². The summed E-state index contributed by atoms with van der Waals surface area (Å²) >= 11 is 0. The van der Waals surface area contributed by atoms with E-state index in [0.29, 0.717) is 0 Å². The topological polar surface area (TPSA) is 24.9 Å². The number of nitrogens with zero attached hydrogens (tertiary/aromatic N) is 1. The average molecular weight is 212 g/mol. The lowest BCUT2D eigenvalue weighted by Crippen LogP contribution is -2.07. The zero-order valence-corrected chi connectivity index (χ0v) is 9.48. The van der Waals surface area contributed by atoms with Gasteiger partial charge in [0.15, 0.2) is 0 Å². The Hall–Kier alpha value is -1.67. The predicted molar refractivity (Wildman–Crippen MR) is 66.2 cm³/mol. The summed E-state index contributed by atoms with van der Waals surface area (Å²) in [6.45, 7) is 0.918. The van der Waals surface area contributed by atoms with Gasteiger partial charge in [-0.2, -0.15) is 0 Å². The molecule has 16 heavy (non-hydrogen) atoms. The van der Waals surface area contributed by atoms with E-state index in [4.69, 9.17) is 0 Å². The van der Waals surface area contributed by atoms with Crippen molar-refractivity contribution in [1.82, 2.24) is 10.3 Å². The van der Waals surface area contributed by atoms with Crippen molar-refractivity contribution < 1.29 is 0 Å². The van der Waals surface area contributed by atoms with Crippen LogP contribution in [0.4, 0.5) is 0 Å². The molecule has 1 aromatic carbocycles. The van der Waals surface area contributed by atoms with Gasteiger partial charge in [0.1, 0.15) is 0 Å². The van der Waals surface area contributed by atoms with Crippen LogP contribution in [0, 0.1) is 0 Å². The van der Waals surface area contributed by atoms with E-state index in [9.17, 15) is 0 Å². The highest BCUT2D eigenvalue weighted by molar-refractivity contribution is 5.32. The van der Waals surface area contributed by atoms with Crippen LogP contribution in [0.2, 0.25) is 0 Å². The molecule has 0 fully saturated rings. The molecule has 0 aliphatic carbocycles. The first-order valence-corrected chi connectivity index (χ1v) is 5.50. The molecule has 0 aliphatic heterocycles. The van der Waals surface area contributed by atoms with Crippen molar-refractivity contribution in [3.05, 3.63) is 65.5 Å². The second-order valence-corrected chi connectivity index (χ2v) is 3.83. The van der Waals surface area contributed by atoms with E-state index in [2.05, 4.69) is 46.7 Å². The van der Waals surface area contributed by atoms with Gasteiger partial charge in [-0.3, -0.25) is 4.98 Å². The van der Waals surface area contributed by atoms with Gasteiger partial charge in [-0.15, -0.1) is 0 Å².